The molecule has 0 atom stereocenters. The number of rotatable bonds is 5. The maximum atomic E-state index is 13.0. The summed E-state index contributed by atoms with van der Waals surface area (Å²) in [5.74, 6) is -0.210. The Morgan fingerprint density at radius 3 is 2.14 bits per heavy atom. The van der Waals surface area contributed by atoms with Gasteiger partial charge in [-0.1, -0.05) is 17.2 Å². The Labute approximate surface area is 173 Å². The van der Waals surface area contributed by atoms with Crippen LogP contribution in [0.5, 0.6) is 0 Å². The zero-order chi connectivity index (χ0) is 21.2. The number of carbonyl (C=O) groups is 1. The number of quaternary nitrogens is 1. The van der Waals surface area contributed by atoms with Crippen molar-refractivity contribution in [3.8, 4) is 0 Å². The Morgan fingerprint density at radius 2 is 1.59 bits per heavy atom. The van der Waals surface area contributed by atoms with E-state index in [-0.39, 0.29) is 16.8 Å². The number of aryl methyl sites for hydroxylation is 2. The number of amides is 1. The molecule has 7 heteroatoms. The lowest BCUT2D eigenvalue weighted by molar-refractivity contribution is -0.885. The first-order valence-corrected chi connectivity index (χ1v) is 11.4. The molecular formula is C22H30N3O3S+. The molecule has 1 amide bonds. The van der Waals surface area contributed by atoms with E-state index in [9.17, 15) is 13.2 Å². The van der Waals surface area contributed by atoms with E-state index < -0.39 is 10.0 Å². The van der Waals surface area contributed by atoms with Crippen molar-refractivity contribution in [3.05, 3.63) is 59.2 Å². The average Bonchev–Trinajstić information content (AvgIpc) is 2.67. The van der Waals surface area contributed by atoms with Crippen LogP contribution in [0.3, 0.4) is 0 Å². The van der Waals surface area contributed by atoms with Gasteiger partial charge in [-0.15, -0.1) is 0 Å². The summed E-state index contributed by atoms with van der Waals surface area (Å²) in [4.78, 5) is 14.2. The van der Waals surface area contributed by atoms with E-state index in [1.807, 2.05) is 32.0 Å². The molecule has 0 spiro atoms. The minimum Gasteiger partial charge on any atom is -0.337 e. The number of piperidine rings is 1. The highest BCUT2D eigenvalue weighted by Crippen LogP contribution is 2.22. The van der Waals surface area contributed by atoms with Crippen LogP contribution in [0.4, 0.5) is 5.69 Å². The molecule has 1 fully saturated rings. The summed E-state index contributed by atoms with van der Waals surface area (Å²) in [6, 6.07) is 12.1. The second-order valence-electron chi connectivity index (χ2n) is 8.06. The molecule has 0 radical (unpaired) electrons. The standard InChI is InChI=1S/C22H29N3O3S/c1-16-13-17(2)15-18(14-16)22(26)23-19-5-7-21(8-6-19)29(27,28)25(4)20-9-11-24(3)12-10-20/h5-8,13-15,20H,9-12H2,1-4H3,(H,23,26)/p+1. The van der Waals surface area contributed by atoms with Crippen LogP contribution in [0.15, 0.2) is 47.4 Å². The lowest BCUT2D eigenvalue weighted by atomic mass is 10.1. The highest BCUT2D eigenvalue weighted by molar-refractivity contribution is 7.89. The number of anilines is 1. The monoisotopic (exact) mass is 416 g/mol. The zero-order valence-corrected chi connectivity index (χ0v) is 18.3. The highest BCUT2D eigenvalue weighted by Gasteiger charge is 2.31. The summed E-state index contributed by atoms with van der Waals surface area (Å²) in [6.45, 7) is 5.86. The second kappa shape index (κ2) is 8.65. The van der Waals surface area contributed by atoms with E-state index in [0.29, 0.717) is 11.3 Å². The number of nitrogens with one attached hydrogen (secondary N) is 2. The van der Waals surface area contributed by atoms with Gasteiger partial charge in [0.2, 0.25) is 10.0 Å². The third-order valence-corrected chi connectivity index (χ3v) is 7.52. The average molecular weight is 417 g/mol. The fraction of sp³-hybridized carbons (Fsp3) is 0.409. The molecule has 0 aliphatic carbocycles. The van der Waals surface area contributed by atoms with Crippen molar-refractivity contribution in [1.29, 1.82) is 0 Å². The molecule has 0 unspecified atom stereocenters. The fourth-order valence-electron chi connectivity index (χ4n) is 3.84. The van der Waals surface area contributed by atoms with Crippen molar-refractivity contribution in [2.75, 3.05) is 32.5 Å². The molecule has 156 valence electrons. The van der Waals surface area contributed by atoms with Gasteiger partial charge in [0.25, 0.3) is 5.91 Å². The van der Waals surface area contributed by atoms with Crippen molar-refractivity contribution in [3.63, 3.8) is 0 Å². The van der Waals surface area contributed by atoms with Gasteiger partial charge in [0, 0.05) is 37.2 Å². The summed E-state index contributed by atoms with van der Waals surface area (Å²) in [7, 11) is 0.244. The van der Waals surface area contributed by atoms with Gasteiger partial charge in [0.15, 0.2) is 0 Å². The Kier molecular flexibility index (Phi) is 6.41. The molecule has 0 aromatic heterocycles. The fourth-order valence-corrected chi connectivity index (χ4v) is 5.26. The third kappa shape index (κ3) is 5.04. The number of hydrogen-bond acceptors (Lipinski definition) is 3. The Morgan fingerprint density at radius 1 is 1.03 bits per heavy atom. The number of hydrogen-bond donors (Lipinski definition) is 2. The molecule has 6 nitrogen and oxygen atoms in total. The molecule has 1 saturated heterocycles. The van der Waals surface area contributed by atoms with Crippen molar-refractivity contribution in [1.82, 2.24) is 4.31 Å². The molecule has 1 aliphatic heterocycles. The topological polar surface area (TPSA) is 70.9 Å². The summed E-state index contributed by atoms with van der Waals surface area (Å²) in [5.41, 5.74) is 3.20. The third-order valence-electron chi connectivity index (χ3n) is 5.60. The Balaban J connectivity index is 1.71. The number of carbonyl (C=O) groups excluding carboxylic acids is 1. The van der Waals surface area contributed by atoms with Gasteiger partial charge in [0.05, 0.1) is 25.0 Å². The lowest BCUT2D eigenvalue weighted by Crippen LogP contribution is -3.10. The number of benzene rings is 2. The first kappa shape index (κ1) is 21.5. The first-order valence-electron chi connectivity index (χ1n) is 9.96. The van der Waals surface area contributed by atoms with Gasteiger partial charge in [-0.25, -0.2) is 8.42 Å². The molecule has 0 saturated carbocycles. The highest BCUT2D eigenvalue weighted by atomic mass is 32.2. The molecule has 0 bridgehead atoms. The molecular weight excluding hydrogens is 386 g/mol. The smallest absolute Gasteiger partial charge is 0.255 e. The van der Waals surface area contributed by atoms with Crippen LogP contribution in [-0.2, 0) is 10.0 Å². The van der Waals surface area contributed by atoms with Crippen LogP contribution < -0.4 is 10.2 Å². The minimum atomic E-state index is -3.55. The summed E-state index contributed by atoms with van der Waals surface area (Å²) >= 11 is 0. The van der Waals surface area contributed by atoms with Crippen LogP contribution >= 0.6 is 0 Å². The van der Waals surface area contributed by atoms with Gasteiger partial charge >= 0.3 is 0 Å². The van der Waals surface area contributed by atoms with Gasteiger partial charge in [0.1, 0.15) is 0 Å². The summed E-state index contributed by atoms with van der Waals surface area (Å²) in [5, 5.41) is 2.84. The molecule has 1 heterocycles. The molecule has 2 N–H and O–H groups in total. The maximum Gasteiger partial charge on any atom is 0.255 e. The van der Waals surface area contributed by atoms with Crippen LogP contribution in [0.25, 0.3) is 0 Å². The van der Waals surface area contributed by atoms with E-state index >= 15 is 0 Å². The number of likely N-dealkylation sites (tertiary alicyclic amines) is 1. The van der Waals surface area contributed by atoms with Crippen LogP contribution in [0.2, 0.25) is 0 Å². The summed E-state index contributed by atoms with van der Waals surface area (Å²) in [6.07, 6.45) is 1.73. The number of sulfonamides is 1. The summed E-state index contributed by atoms with van der Waals surface area (Å²) < 4.78 is 27.5. The van der Waals surface area contributed by atoms with Crippen LogP contribution in [0.1, 0.15) is 34.3 Å². The largest absolute Gasteiger partial charge is 0.337 e. The van der Waals surface area contributed by atoms with E-state index in [1.165, 1.54) is 9.21 Å². The van der Waals surface area contributed by atoms with E-state index in [2.05, 4.69) is 12.4 Å². The van der Waals surface area contributed by atoms with Crippen LogP contribution in [0, 0.1) is 13.8 Å². The van der Waals surface area contributed by atoms with Crippen molar-refractivity contribution < 1.29 is 18.1 Å². The van der Waals surface area contributed by atoms with Crippen molar-refractivity contribution in [2.24, 2.45) is 0 Å². The normalized spacial score (nSPS) is 19.9. The van der Waals surface area contributed by atoms with Gasteiger partial charge < -0.3 is 10.2 Å². The predicted octanol–water partition coefficient (Wildman–Crippen LogP) is 1.85. The second-order valence-corrected chi connectivity index (χ2v) is 10.1. The molecule has 2 aromatic rings. The van der Waals surface area contributed by atoms with Crippen LogP contribution in [-0.4, -0.2) is 51.9 Å². The molecule has 3 rings (SSSR count). The zero-order valence-electron chi connectivity index (χ0n) is 17.5. The predicted molar refractivity (Wildman–Crippen MR) is 115 cm³/mol. The Hall–Kier alpha value is -2.22. The van der Waals surface area contributed by atoms with Gasteiger partial charge in [-0.2, -0.15) is 4.31 Å². The minimum absolute atomic E-state index is 0.0349. The van der Waals surface area contributed by atoms with E-state index in [0.717, 1.165) is 37.1 Å². The molecule has 29 heavy (non-hydrogen) atoms. The van der Waals surface area contributed by atoms with Gasteiger partial charge in [-0.05, 0) is 50.2 Å². The SMILES string of the molecule is Cc1cc(C)cc(C(=O)Nc2ccc(S(=O)(=O)N(C)C3CC[NH+](C)CC3)cc2)c1. The van der Waals surface area contributed by atoms with E-state index in [4.69, 9.17) is 0 Å². The molecule has 1 aliphatic rings. The molecule has 2 aromatic carbocycles. The maximum absolute atomic E-state index is 13.0. The van der Waals surface area contributed by atoms with Crippen molar-refractivity contribution >= 4 is 21.6 Å². The number of nitrogens with zero attached hydrogens (tertiary/aromatic N) is 1. The first-order chi connectivity index (χ1) is 13.7. The van der Waals surface area contributed by atoms with Crippen molar-refractivity contribution in [2.45, 2.75) is 37.6 Å². The van der Waals surface area contributed by atoms with Gasteiger partial charge in [-0.3, -0.25) is 4.79 Å². The lowest BCUT2D eigenvalue weighted by Gasteiger charge is -2.32. The van der Waals surface area contributed by atoms with E-state index in [1.54, 1.807) is 31.3 Å². The quantitative estimate of drug-likeness (QED) is 0.782. The Bertz CT molecular complexity index is 959.